The summed E-state index contributed by atoms with van der Waals surface area (Å²) in [7, 11) is -4.23. The van der Waals surface area contributed by atoms with Crippen molar-refractivity contribution in [1.29, 1.82) is 0 Å². The van der Waals surface area contributed by atoms with Crippen LogP contribution in [0.4, 0.5) is 5.69 Å². The van der Waals surface area contributed by atoms with E-state index in [4.69, 9.17) is 27.9 Å². The Morgan fingerprint density at radius 2 is 1.52 bits per heavy atom. The van der Waals surface area contributed by atoms with Crippen molar-refractivity contribution in [3.8, 4) is 5.75 Å². The Morgan fingerprint density at radius 3 is 2.12 bits per heavy atom. The zero-order chi connectivity index (χ0) is 30.9. The van der Waals surface area contributed by atoms with Gasteiger partial charge in [-0.2, -0.15) is 0 Å². The molecule has 0 aromatic heterocycles. The van der Waals surface area contributed by atoms with Crippen molar-refractivity contribution in [1.82, 2.24) is 10.2 Å². The molecule has 0 spiro atoms. The fraction of sp³-hybridized carbons (Fsp3) is 0.355. The molecular weight excluding hydrogens is 597 g/mol. The van der Waals surface area contributed by atoms with Crippen molar-refractivity contribution in [3.05, 3.63) is 88.4 Å². The van der Waals surface area contributed by atoms with Crippen molar-refractivity contribution in [3.63, 3.8) is 0 Å². The average molecular weight is 635 g/mol. The summed E-state index contributed by atoms with van der Waals surface area (Å²) in [5.41, 5.74) is 0.654. The molecule has 0 saturated heterocycles. The molecule has 0 saturated carbocycles. The van der Waals surface area contributed by atoms with E-state index in [2.05, 4.69) is 5.32 Å². The van der Waals surface area contributed by atoms with Crippen LogP contribution in [0.5, 0.6) is 5.75 Å². The van der Waals surface area contributed by atoms with E-state index in [0.717, 1.165) is 4.31 Å². The van der Waals surface area contributed by atoms with E-state index >= 15 is 0 Å². The van der Waals surface area contributed by atoms with Crippen LogP contribution in [0.25, 0.3) is 0 Å². The molecule has 2 amide bonds. The summed E-state index contributed by atoms with van der Waals surface area (Å²) < 4.78 is 34.9. The number of carbonyl (C=O) groups is 2. The van der Waals surface area contributed by atoms with E-state index in [9.17, 15) is 18.0 Å². The number of nitrogens with one attached hydrogen (secondary N) is 1. The molecule has 3 aromatic rings. The molecule has 3 rings (SSSR count). The molecule has 0 fully saturated rings. The lowest BCUT2D eigenvalue weighted by molar-refractivity contribution is -0.140. The lowest BCUT2D eigenvalue weighted by atomic mass is 10.1. The minimum Gasteiger partial charge on any atom is -0.492 e. The van der Waals surface area contributed by atoms with E-state index in [1.807, 2.05) is 13.8 Å². The van der Waals surface area contributed by atoms with Gasteiger partial charge in [-0.25, -0.2) is 8.42 Å². The molecule has 0 bridgehead atoms. The van der Waals surface area contributed by atoms with Crippen molar-refractivity contribution in [2.75, 3.05) is 24.0 Å². The Kier molecular flexibility index (Phi) is 12.1. The minimum atomic E-state index is -4.23. The molecule has 42 heavy (non-hydrogen) atoms. The van der Waals surface area contributed by atoms with Crippen LogP contribution in [-0.4, -0.2) is 50.9 Å². The summed E-state index contributed by atoms with van der Waals surface area (Å²) in [5.74, 6) is -0.469. The van der Waals surface area contributed by atoms with Crippen LogP contribution in [0.2, 0.25) is 10.0 Å². The van der Waals surface area contributed by atoms with Crippen LogP contribution in [0.3, 0.4) is 0 Å². The van der Waals surface area contributed by atoms with Crippen LogP contribution in [0.15, 0.2) is 77.7 Å². The zero-order valence-corrected chi connectivity index (χ0v) is 26.5. The number of ether oxygens (including phenoxy) is 1. The quantitative estimate of drug-likeness (QED) is 0.229. The van der Waals surface area contributed by atoms with Crippen LogP contribution < -0.4 is 14.4 Å². The summed E-state index contributed by atoms with van der Waals surface area (Å²) in [4.78, 5) is 29.0. The minimum absolute atomic E-state index is 0.00603. The maximum Gasteiger partial charge on any atom is 0.264 e. The van der Waals surface area contributed by atoms with Gasteiger partial charge < -0.3 is 15.0 Å². The van der Waals surface area contributed by atoms with Gasteiger partial charge in [0.25, 0.3) is 10.0 Å². The number of rotatable bonds is 14. The highest BCUT2D eigenvalue weighted by Gasteiger charge is 2.35. The fourth-order valence-electron chi connectivity index (χ4n) is 4.37. The number of carbonyl (C=O) groups excluding carboxylic acids is 2. The molecule has 8 nitrogen and oxygen atoms in total. The van der Waals surface area contributed by atoms with E-state index in [-0.39, 0.29) is 42.0 Å². The van der Waals surface area contributed by atoms with Crippen molar-refractivity contribution >= 4 is 50.7 Å². The molecule has 11 heteroatoms. The average Bonchev–Trinajstić information content (AvgIpc) is 2.97. The van der Waals surface area contributed by atoms with Crippen molar-refractivity contribution in [2.45, 2.75) is 51.6 Å². The number of para-hydroxylation sites is 2. The Bertz CT molecular complexity index is 1450. The van der Waals surface area contributed by atoms with Gasteiger partial charge in [0.2, 0.25) is 11.8 Å². The third-order valence-electron chi connectivity index (χ3n) is 6.50. The third-order valence-corrected chi connectivity index (χ3v) is 8.99. The van der Waals surface area contributed by atoms with Gasteiger partial charge in [0, 0.05) is 28.7 Å². The largest absolute Gasteiger partial charge is 0.492 e. The van der Waals surface area contributed by atoms with Crippen molar-refractivity contribution in [2.24, 2.45) is 5.92 Å². The second-order valence-corrected chi connectivity index (χ2v) is 12.7. The Labute approximate surface area is 258 Å². The van der Waals surface area contributed by atoms with Crippen LogP contribution >= 0.6 is 23.2 Å². The second kappa shape index (κ2) is 15.3. The molecule has 3 aromatic carbocycles. The number of benzene rings is 3. The van der Waals surface area contributed by atoms with Gasteiger partial charge in [0.1, 0.15) is 18.3 Å². The SMILES string of the molecule is CCOc1ccccc1N(CC(=O)N(Cc1c(Cl)cccc1Cl)[C@H](CC)C(=O)NCC(C)C)S(=O)(=O)c1ccccc1. The molecule has 0 radical (unpaired) electrons. The number of anilines is 1. The fourth-order valence-corrected chi connectivity index (χ4v) is 6.33. The Balaban J connectivity index is 2.12. The zero-order valence-electron chi connectivity index (χ0n) is 24.2. The number of halogens is 2. The summed E-state index contributed by atoms with van der Waals surface area (Å²) >= 11 is 12.9. The normalized spacial score (nSPS) is 12.1. The van der Waals surface area contributed by atoms with E-state index in [0.29, 0.717) is 27.9 Å². The maximum absolute atomic E-state index is 14.3. The molecule has 226 valence electrons. The van der Waals surface area contributed by atoms with Crippen LogP contribution in [-0.2, 0) is 26.2 Å². The third kappa shape index (κ3) is 8.18. The molecule has 0 heterocycles. The number of sulfonamides is 1. The molecular formula is C31H37Cl2N3O5S. The van der Waals surface area contributed by atoms with Gasteiger partial charge >= 0.3 is 0 Å². The van der Waals surface area contributed by atoms with Gasteiger partial charge in [-0.1, -0.05) is 80.4 Å². The molecule has 0 unspecified atom stereocenters. The highest BCUT2D eigenvalue weighted by atomic mass is 35.5. The monoisotopic (exact) mass is 633 g/mol. The van der Waals surface area contributed by atoms with E-state index in [1.54, 1.807) is 74.5 Å². The molecule has 1 atom stereocenters. The lowest BCUT2D eigenvalue weighted by Crippen LogP contribution is -2.52. The first-order chi connectivity index (χ1) is 20.0. The van der Waals surface area contributed by atoms with Gasteiger partial charge in [0.05, 0.1) is 17.2 Å². The topological polar surface area (TPSA) is 96.0 Å². The Hall–Kier alpha value is -3.27. The second-order valence-electron chi connectivity index (χ2n) is 10.0. The number of nitrogens with zero attached hydrogens (tertiary/aromatic N) is 2. The molecule has 0 aliphatic carbocycles. The van der Waals surface area contributed by atoms with Crippen molar-refractivity contribution < 1.29 is 22.7 Å². The van der Waals surface area contributed by atoms with E-state index < -0.39 is 28.5 Å². The van der Waals surface area contributed by atoms with Gasteiger partial charge in [-0.3, -0.25) is 13.9 Å². The predicted octanol–water partition coefficient (Wildman–Crippen LogP) is 6.17. The summed E-state index contributed by atoms with van der Waals surface area (Å²) in [5, 5.41) is 3.55. The maximum atomic E-state index is 14.3. The molecule has 0 aliphatic rings. The first-order valence-corrected chi connectivity index (χ1v) is 16.0. The van der Waals surface area contributed by atoms with Crippen LogP contribution in [0.1, 0.15) is 39.7 Å². The van der Waals surface area contributed by atoms with Crippen LogP contribution in [0, 0.1) is 5.92 Å². The first-order valence-electron chi connectivity index (χ1n) is 13.8. The molecule has 1 N–H and O–H groups in total. The van der Waals surface area contributed by atoms with Gasteiger partial charge in [-0.15, -0.1) is 0 Å². The first kappa shape index (κ1) is 33.2. The number of amides is 2. The number of hydrogen-bond acceptors (Lipinski definition) is 5. The predicted molar refractivity (Wildman–Crippen MR) is 168 cm³/mol. The lowest BCUT2D eigenvalue weighted by Gasteiger charge is -2.34. The summed E-state index contributed by atoms with van der Waals surface area (Å²) in [6, 6.07) is 18.6. The van der Waals surface area contributed by atoms with E-state index in [1.165, 1.54) is 17.0 Å². The van der Waals surface area contributed by atoms with Gasteiger partial charge in [0.15, 0.2) is 0 Å². The number of hydrogen-bond donors (Lipinski definition) is 1. The standard InChI is InChI=1S/C31H37Cl2N3O5S/c1-5-27(31(38)34-19-22(3)4)35(20-24-25(32)15-12-16-26(24)33)30(37)21-36(28-17-10-11-18-29(28)41-6-2)42(39,40)23-13-8-7-9-14-23/h7-18,22,27H,5-6,19-21H2,1-4H3,(H,34,38)/t27-/m1/s1. The highest BCUT2D eigenvalue weighted by Crippen LogP contribution is 2.33. The smallest absolute Gasteiger partial charge is 0.264 e. The molecule has 0 aliphatic heterocycles. The Morgan fingerprint density at radius 1 is 0.905 bits per heavy atom. The highest BCUT2D eigenvalue weighted by molar-refractivity contribution is 7.92. The summed E-state index contributed by atoms with van der Waals surface area (Å²) in [6.07, 6.45) is 0.276. The van der Waals surface area contributed by atoms with Gasteiger partial charge in [-0.05, 0) is 55.7 Å². The summed E-state index contributed by atoms with van der Waals surface area (Å²) in [6.45, 7) is 7.52.